The fraction of sp³-hybridized carbons (Fsp3) is 0.219. The lowest BCUT2D eigenvalue weighted by Crippen LogP contribution is -2.34. The van der Waals surface area contributed by atoms with E-state index < -0.39 is 0 Å². The Morgan fingerprint density at radius 3 is 1.42 bits per heavy atom. The molecular weight excluding hydrogens is 442 g/mol. The molecule has 2 aromatic heterocycles. The van der Waals surface area contributed by atoms with Crippen molar-refractivity contribution >= 4 is 17.9 Å². The Hall–Kier alpha value is -3.89. The van der Waals surface area contributed by atoms with Gasteiger partial charge in [-0.05, 0) is 94.4 Å². The number of carbonyl (C=O) groups is 1. The van der Waals surface area contributed by atoms with E-state index in [2.05, 4.69) is 122 Å². The Morgan fingerprint density at radius 2 is 1.03 bits per heavy atom. The van der Waals surface area contributed by atoms with Gasteiger partial charge in [0.15, 0.2) is 5.78 Å². The van der Waals surface area contributed by atoms with Gasteiger partial charge in [-0.25, -0.2) is 0 Å². The van der Waals surface area contributed by atoms with Crippen molar-refractivity contribution in [3.63, 3.8) is 0 Å². The predicted octanol–water partition coefficient (Wildman–Crippen LogP) is 6.48. The van der Waals surface area contributed by atoms with E-state index >= 15 is 0 Å². The standard InChI is InChI=1S/C32H33N3O/c1-22-16-26(24(3)34(22)30-12-8-6-9-13-30)18-28-20-33(5)21-29(32(28)36)19-27-17-23(2)35(25(27)4)31-14-10-7-11-15-31/h6-19H,20-21H2,1-5H3. The largest absolute Gasteiger partial charge is 0.318 e. The fourth-order valence-electron chi connectivity index (χ4n) is 5.40. The van der Waals surface area contributed by atoms with Crippen LogP contribution >= 0.6 is 0 Å². The average Bonchev–Trinajstić information content (AvgIpc) is 3.31. The van der Waals surface area contributed by atoms with Gasteiger partial charge in [0.25, 0.3) is 0 Å². The lowest BCUT2D eigenvalue weighted by Gasteiger charge is -2.26. The minimum Gasteiger partial charge on any atom is -0.318 e. The smallest absolute Gasteiger partial charge is 0.187 e. The third kappa shape index (κ3) is 4.40. The molecule has 0 unspecified atom stereocenters. The molecule has 3 heterocycles. The molecule has 1 saturated heterocycles. The van der Waals surface area contributed by atoms with Crippen LogP contribution in [-0.4, -0.2) is 40.0 Å². The first kappa shape index (κ1) is 23.8. The lowest BCUT2D eigenvalue weighted by atomic mass is 9.94. The van der Waals surface area contributed by atoms with Crippen LogP contribution in [-0.2, 0) is 4.79 Å². The highest BCUT2D eigenvalue weighted by Gasteiger charge is 2.25. The van der Waals surface area contributed by atoms with Crippen LogP contribution in [0.3, 0.4) is 0 Å². The molecule has 0 bridgehead atoms. The van der Waals surface area contributed by atoms with Crippen molar-refractivity contribution in [1.82, 2.24) is 14.0 Å². The number of piperidine rings is 1. The van der Waals surface area contributed by atoms with E-state index in [1.165, 1.54) is 0 Å². The van der Waals surface area contributed by atoms with Crippen molar-refractivity contribution in [2.75, 3.05) is 20.1 Å². The summed E-state index contributed by atoms with van der Waals surface area (Å²) in [6.45, 7) is 9.77. The summed E-state index contributed by atoms with van der Waals surface area (Å²) in [5, 5.41) is 0. The molecule has 0 spiro atoms. The molecule has 4 aromatic rings. The van der Waals surface area contributed by atoms with Gasteiger partial charge in [-0.1, -0.05) is 36.4 Å². The maximum atomic E-state index is 13.6. The second-order valence-electron chi connectivity index (χ2n) is 9.84. The van der Waals surface area contributed by atoms with Crippen molar-refractivity contribution in [3.8, 4) is 11.4 Å². The summed E-state index contributed by atoms with van der Waals surface area (Å²) >= 11 is 0. The first-order valence-corrected chi connectivity index (χ1v) is 12.5. The number of benzene rings is 2. The maximum absolute atomic E-state index is 13.6. The molecule has 182 valence electrons. The summed E-state index contributed by atoms with van der Waals surface area (Å²) in [4.78, 5) is 15.9. The number of rotatable bonds is 4. The highest BCUT2D eigenvalue weighted by Crippen LogP contribution is 2.28. The highest BCUT2D eigenvalue weighted by atomic mass is 16.1. The van der Waals surface area contributed by atoms with E-state index in [0.717, 1.165) is 56.4 Å². The molecule has 1 aliphatic heterocycles. The number of likely N-dealkylation sites (N-methyl/N-ethyl adjacent to an activating group) is 1. The number of likely N-dealkylation sites (tertiary alicyclic amines) is 1. The van der Waals surface area contributed by atoms with Gasteiger partial charge in [-0.2, -0.15) is 0 Å². The number of hydrogen-bond acceptors (Lipinski definition) is 2. The number of nitrogens with zero attached hydrogens (tertiary/aromatic N) is 3. The van der Waals surface area contributed by atoms with Gasteiger partial charge in [0.2, 0.25) is 0 Å². The number of aromatic nitrogens is 2. The Morgan fingerprint density at radius 1 is 0.639 bits per heavy atom. The third-order valence-electron chi connectivity index (χ3n) is 7.09. The van der Waals surface area contributed by atoms with Gasteiger partial charge < -0.3 is 9.13 Å². The second kappa shape index (κ2) is 9.63. The van der Waals surface area contributed by atoms with Gasteiger partial charge in [0.05, 0.1) is 0 Å². The molecule has 2 aromatic carbocycles. The van der Waals surface area contributed by atoms with Gasteiger partial charge >= 0.3 is 0 Å². The Kier molecular flexibility index (Phi) is 6.38. The Bertz CT molecular complexity index is 1370. The van der Waals surface area contributed by atoms with Crippen LogP contribution in [0.4, 0.5) is 0 Å². The van der Waals surface area contributed by atoms with Crippen LogP contribution < -0.4 is 0 Å². The number of ketones is 1. The zero-order chi connectivity index (χ0) is 25.4. The van der Waals surface area contributed by atoms with Gasteiger partial charge in [0.1, 0.15) is 0 Å². The molecule has 1 aliphatic rings. The van der Waals surface area contributed by atoms with E-state index in [9.17, 15) is 4.79 Å². The highest BCUT2D eigenvalue weighted by molar-refractivity contribution is 6.14. The van der Waals surface area contributed by atoms with Crippen LogP contribution in [0.15, 0.2) is 83.9 Å². The summed E-state index contributed by atoms with van der Waals surface area (Å²) in [6.07, 6.45) is 4.17. The van der Waals surface area contributed by atoms with E-state index in [4.69, 9.17) is 0 Å². The molecule has 36 heavy (non-hydrogen) atoms. The van der Waals surface area contributed by atoms with Crippen LogP contribution in [0, 0.1) is 27.7 Å². The van der Waals surface area contributed by atoms with Gasteiger partial charge in [-0.3, -0.25) is 9.69 Å². The molecule has 1 fully saturated rings. The van der Waals surface area contributed by atoms with Crippen molar-refractivity contribution in [2.24, 2.45) is 0 Å². The summed E-state index contributed by atoms with van der Waals surface area (Å²) in [6, 6.07) is 25.1. The summed E-state index contributed by atoms with van der Waals surface area (Å²) in [7, 11) is 2.08. The number of hydrogen-bond donors (Lipinski definition) is 0. The first-order valence-electron chi connectivity index (χ1n) is 12.5. The monoisotopic (exact) mass is 475 g/mol. The third-order valence-corrected chi connectivity index (χ3v) is 7.09. The Labute approximate surface area is 213 Å². The minimum atomic E-state index is 0.141. The zero-order valence-corrected chi connectivity index (χ0v) is 21.7. The Balaban J connectivity index is 1.51. The summed E-state index contributed by atoms with van der Waals surface area (Å²) in [5.74, 6) is 0.141. The van der Waals surface area contributed by atoms with Crippen LogP contribution in [0.25, 0.3) is 23.5 Å². The van der Waals surface area contributed by atoms with Crippen molar-refractivity contribution in [2.45, 2.75) is 27.7 Å². The molecule has 5 rings (SSSR count). The topological polar surface area (TPSA) is 30.2 Å². The molecule has 0 atom stereocenters. The molecule has 0 aliphatic carbocycles. The first-order chi connectivity index (χ1) is 17.3. The van der Waals surface area contributed by atoms with Crippen molar-refractivity contribution in [1.29, 1.82) is 0 Å². The quantitative estimate of drug-likeness (QED) is 0.316. The molecule has 4 nitrogen and oxygen atoms in total. The number of carbonyl (C=O) groups excluding carboxylic acids is 1. The minimum absolute atomic E-state index is 0.141. The van der Waals surface area contributed by atoms with Gasteiger partial charge in [-0.15, -0.1) is 0 Å². The molecular formula is C32H33N3O. The normalized spacial score (nSPS) is 16.9. The number of para-hydroxylation sites is 2. The van der Waals surface area contributed by atoms with Crippen LogP contribution in [0.2, 0.25) is 0 Å². The molecule has 0 amide bonds. The molecule has 0 saturated carbocycles. The van der Waals surface area contributed by atoms with E-state index in [0.29, 0.717) is 13.1 Å². The van der Waals surface area contributed by atoms with Crippen LogP contribution in [0.1, 0.15) is 33.9 Å². The van der Waals surface area contributed by atoms with Crippen molar-refractivity contribution in [3.05, 3.63) is 118 Å². The van der Waals surface area contributed by atoms with Crippen molar-refractivity contribution < 1.29 is 4.79 Å². The predicted molar refractivity (Wildman–Crippen MR) is 149 cm³/mol. The SMILES string of the molecule is Cc1cc(C=C2CN(C)CC(=Cc3cc(C)n(-c4ccccc4)c3C)C2=O)c(C)n1-c1ccccc1. The number of aryl methyl sites for hydroxylation is 2. The second-order valence-corrected chi connectivity index (χ2v) is 9.84. The van der Waals surface area contributed by atoms with E-state index in [1.54, 1.807) is 0 Å². The van der Waals surface area contributed by atoms with Gasteiger partial charge in [0, 0.05) is 58.4 Å². The summed E-state index contributed by atoms with van der Waals surface area (Å²) < 4.78 is 4.50. The lowest BCUT2D eigenvalue weighted by molar-refractivity contribution is -0.113. The molecule has 4 heteroatoms. The fourth-order valence-corrected chi connectivity index (χ4v) is 5.40. The maximum Gasteiger partial charge on any atom is 0.187 e. The zero-order valence-electron chi connectivity index (χ0n) is 21.7. The average molecular weight is 476 g/mol. The number of Topliss-reactive ketones (excluding diaryl/α,β-unsaturated/α-hetero) is 1. The summed E-state index contributed by atoms with van der Waals surface area (Å²) in [5.41, 5.74) is 10.7. The molecule has 0 N–H and O–H groups in total. The van der Waals surface area contributed by atoms with E-state index in [-0.39, 0.29) is 5.78 Å². The van der Waals surface area contributed by atoms with Crippen LogP contribution in [0.5, 0.6) is 0 Å². The van der Waals surface area contributed by atoms with E-state index in [1.807, 2.05) is 12.1 Å². The molecule has 0 radical (unpaired) electrons.